The lowest BCUT2D eigenvalue weighted by Crippen LogP contribution is -2.51. The zero-order chi connectivity index (χ0) is 21.6. The van der Waals surface area contributed by atoms with Crippen molar-refractivity contribution in [2.75, 3.05) is 18.4 Å². The van der Waals surface area contributed by atoms with Crippen molar-refractivity contribution < 1.29 is 19.1 Å². The van der Waals surface area contributed by atoms with Crippen LogP contribution in [0.5, 0.6) is 0 Å². The summed E-state index contributed by atoms with van der Waals surface area (Å²) < 4.78 is 5.44. The summed E-state index contributed by atoms with van der Waals surface area (Å²) in [6.07, 6.45) is 2.59. The Morgan fingerprint density at radius 3 is 2.59 bits per heavy atom. The van der Waals surface area contributed by atoms with E-state index in [0.717, 1.165) is 19.3 Å². The molecule has 8 heteroatoms. The first kappa shape index (κ1) is 23.0. The molecule has 1 atom stereocenters. The van der Waals surface area contributed by atoms with E-state index >= 15 is 0 Å². The summed E-state index contributed by atoms with van der Waals surface area (Å²) in [5.41, 5.74) is 0.199. The second-order valence-corrected chi connectivity index (χ2v) is 8.53. The Labute approximate surface area is 177 Å². The molecule has 1 aliphatic heterocycles. The summed E-state index contributed by atoms with van der Waals surface area (Å²) in [4.78, 5) is 38.9. The average molecular weight is 424 g/mol. The van der Waals surface area contributed by atoms with Gasteiger partial charge >= 0.3 is 6.09 Å². The predicted molar refractivity (Wildman–Crippen MR) is 113 cm³/mol. The van der Waals surface area contributed by atoms with Gasteiger partial charge in [-0.3, -0.25) is 14.5 Å². The van der Waals surface area contributed by atoms with E-state index in [1.807, 2.05) is 6.92 Å². The molecule has 1 heterocycles. The minimum atomic E-state index is -0.628. The lowest BCUT2D eigenvalue weighted by atomic mass is 10.0. The normalized spacial score (nSPS) is 16.9. The number of carbonyl (C=O) groups excluding carboxylic acids is 3. The highest BCUT2D eigenvalue weighted by atomic mass is 35.5. The van der Waals surface area contributed by atoms with Crippen molar-refractivity contribution in [3.05, 3.63) is 28.8 Å². The van der Waals surface area contributed by atoms with Crippen molar-refractivity contribution in [3.63, 3.8) is 0 Å². The summed E-state index contributed by atoms with van der Waals surface area (Å²) in [7, 11) is 0. The monoisotopic (exact) mass is 423 g/mol. The molecule has 0 saturated carbocycles. The van der Waals surface area contributed by atoms with Crippen molar-refractivity contribution >= 4 is 35.2 Å². The molecule has 0 radical (unpaired) electrons. The maximum atomic E-state index is 12.8. The van der Waals surface area contributed by atoms with E-state index in [1.165, 1.54) is 4.90 Å². The van der Waals surface area contributed by atoms with Crippen LogP contribution in [0.15, 0.2) is 18.2 Å². The Hall–Kier alpha value is -2.28. The first-order chi connectivity index (χ1) is 13.6. The van der Waals surface area contributed by atoms with Gasteiger partial charge in [0.15, 0.2) is 0 Å². The van der Waals surface area contributed by atoms with Crippen LogP contribution in [-0.4, -0.2) is 47.5 Å². The number of rotatable bonds is 5. The topological polar surface area (TPSA) is 87.7 Å². The number of carbonyl (C=O) groups is 3. The Kier molecular flexibility index (Phi) is 7.90. The molecule has 1 aromatic rings. The summed E-state index contributed by atoms with van der Waals surface area (Å²) in [5, 5.41) is 5.83. The van der Waals surface area contributed by atoms with E-state index < -0.39 is 17.7 Å². The molecule has 1 saturated heterocycles. The summed E-state index contributed by atoms with van der Waals surface area (Å²) in [5.74, 6) is -0.548. The van der Waals surface area contributed by atoms with E-state index in [1.54, 1.807) is 39.0 Å². The molecule has 7 nitrogen and oxygen atoms in total. The van der Waals surface area contributed by atoms with Crippen LogP contribution in [-0.2, 0) is 9.53 Å². The second-order valence-electron chi connectivity index (χ2n) is 8.13. The SMILES string of the molecule is CCCNC(=O)c1ccc(NC(=O)C2CCCCN2C(=O)OC(C)(C)C)cc1Cl. The van der Waals surface area contributed by atoms with Gasteiger partial charge in [0.2, 0.25) is 5.91 Å². The van der Waals surface area contributed by atoms with Gasteiger partial charge in [-0.25, -0.2) is 4.79 Å². The number of likely N-dealkylation sites (tertiary alicyclic amines) is 1. The molecule has 29 heavy (non-hydrogen) atoms. The van der Waals surface area contributed by atoms with Crippen LogP contribution in [0.3, 0.4) is 0 Å². The van der Waals surface area contributed by atoms with Crippen LogP contribution in [0.4, 0.5) is 10.5 Å². The highest BCUT2D eigenvalue weighted by Gasteiger charge is 2.34. The molecule has 1 unspecified atom stereocenters. The Morgan fingerprint density at radius 1 is 1.24 bits per heavy atom. The zero-order valence-electron chi connectivity index (χ0n) is 17.5. The quantitative estimate of drug-likeness (QED) is 0.742. The van der Waals surface area contributed by atoms with E-state index in [9.17, 15) is 14.4 Å². The molecule has 0 bridgehead atoms. The molecule has 0 aromatic heterocycles. The van der Waals surface area contributed by atoms with Gasteiger partial charge in [0, 0.05) is 18.8 Å². The molecular formula is C21H30ClN3O4. The number of hydrogen-bond acceptors (Lipinski definition) is 4. The largest absolute Gasteiger partial charge is 0.444 e. The molecule has 1 aliphatic rings. The Morgan fingerprint density at radius 2 is 1.97 bits per heavy atom. The van der Waals surface area contributed by atoms with E-state index in [-0.39, 0.29) is 16.8 Å². The number of benzene rings is 1. The van der Waals surface area contributed by atoms with Gasteiger partial charge in [0.05, 0.1) is 10.6 Å². The van der Waals surface area contributed by atoms with Crippen LogP contribution < -0.4 is 10.6 Å². The fraction of sp³-hybridized carbons (Fsp3) is 0.571. The summed E-state index contributed by atoms with van der Waals surface area (Å²) in [6.45, 7) is 8.39. The highest BCUT2D eigenvalue weighted by Crippen LogP contribution is 2.24. The van der Waals surface area contributed by atoms with Gasteiger partial charge < -0.3 is 15.4 Å². The molecule has 1 aromatic carbocycles. The molecular weight excluding hydrogens is 394 g/mol. The van der Waals surface area contributed by atoms with Crippen molar-refractivity contribution in [2.45, 2.75) is 65.0 Å². The number of amides is 3. The average Bonchev–Trinajstić information content (AvgIpc) is 2.64. The predicted octanol–water partition coefficient (Wildman–Crippen LogP) is 4.21. The van der Waals surface area contributed by atoms with E-state index in [4.69, 9.17) is 16.3 Å². The third kappa shape index (κ3) is 6.63. The third-order valence-electron chi connectivity index (χ3n) is 4.45. The van der Waals surface area contributed by atoms with Crippen LogP contribution in [0.25, 0.3) is 0 Å². The van der Waals surface area contributed by atoms with Crippen molar-refractivity contribution in [3.8, 4) is 0 Å². The molecule has 160 valence electrons. The second kappa shape index (κ2) is 9.96. The van der Waals surface area contributed by atoms with E-state index in [2.05, 4.69) is 10.6 Å². The fourth-order valence-electron chi connectivity index (χ4n) is 3.08. The molecule has 1 fully saturated rings. The van der Waals surface area contributed by atoms with Gasteiger partial charge in [-0.1, -0.05) is 18.5 Å². The number of nitrogens with zero attached hydrogens (tertiary/aromatic N) is 1. The molecule has 3 amide bonds. The van der Waals surface area contributed by atoms with Gasteiger partial charge in [-0.2, -0.15) is 0 Å². The van der Waals surface area contributed by atoms with Crippen molar-refractivity contribution in [2.24, 2.45) is 0 Å². The fourth-order valence-corrected chi connectivity index (χ4v) is 3.35. The third-order valence-corrected chi connectivity index (χ3v) is 4.76. The number of nitrogens with one attached hydrogen (secondary N) is 2. The molecule has 2 rings (SSSR count). The first-order valence-electron chi connectivity index (χ1n) is 10.0. The van der Waals surface area contributed by atoms with Crippen LogP contribution in [0, 0.1) is 0 Å². The lowest BCUT2D eigenvalue weighted by molar-refractivity contribution is -0.122. The van der Waals surface area contributed by atoms with Crippen LogP contribution in [0.2, 0.25) is 5.02 Å². The van der Waals surface area contributed by atoms with Gasteiger partial charge in [0.25, 0.3) is 5.91 Å². The number of halogens is 1. The standard InChI is InChI=1S/C21H30ClN3O4/c1-5-11-23-18(26)15-10-9-14(13-16(15)22)24-19(27)17-8-6-7-12-25(17)20(28)29-21(2,3)4/h9-10,13,17H,5-8,11-12H2,1-4H3,(H,23,26)(H,24,27). The number of anilines is 1. The zero-order valence-corrected chi connectivity index (χ0v) is 18.3. The number of piperidine rings is 1. The van der Waals surface area contributed by atoms with Crippen LogP contribution in [0.1, 0.15) is 63.7 Å². The van der Waals surface area contributed by atoms with Crippen LogP contribution >= 0.6 is 11.6 Å². The molecule has 0 spiro atoms. The summed E-state index contributed by atoms with van der Waals surface area (Å²) in [6, 6.07) is 4.15. The molecule has 0 aliphatic carbocycles. The minimum absolute atomic E-state index is 0.252. The minimum Gasteiger partial charge on any atom is -0.444 e. The van der Waals surface area contributed by atoms with Gasteiger partial charge in [-0.15, -0.1) is 0 Å². The van der Waals surface area contributed by atoms with E-state index in [0.29, 0.717) is 30.8 Å². The summed E-state index contributed by atoms with van der Waals surface area (Å²) >= 11 is 6.23. The van der Waals surface area contributed by atoms with Gasteiger partial charge in [-0.05, 0) is 64.7 Å². The number of hydrogen-bond donors (Lipinski definition) is 2. The maximum Gasteiger partial charge on any atom is 0.410 e. The smallest absolute Gasteiger partial charge is 0.410 e. The molecule has 2 N–H and O–H groups in total. The Balaban J connectivity index is 2.08. The lowest BCUT2D eigenvalue weighted by Gasteiger charge is -2.35. The number of ether oxygens (including phenoxy) is 1. The first-order valence-corrected chi connectivity index (χ1v) is 10.4. The van der Waals surface area contributed by atoms with Crippen molar-refractivity contribution in [1.29, 1.82) is 0 Å². The maximum absolute atomic E-state index is 12.8. The van der Waals surface area contributed by atoms with Crippen molar-refractivity contribution in [1.82, 2.24) is 10.2 Å². The van der Waals surface area contributed by atoms with Gasteiger partial charge in [0.1, 0.15) is 11.6 Å². The Bertz CT molecular complexity index is 761. The highest BCUT2D eigenvalue weighted by molar-refractivity contribution is 6.34.